The quantitative estimate of drug-likeness (QED) is 0.822. The third-order valence-electron chi connectivity index (χ3n) is 4.07. The number of nitrogens with two attached hydrogens (primary N) is 1. The van der Waals surface area contributed by atoms with E-state index >= 15 is 0 Å². The number of thiazole rings is 1. The van der Waals surface area contributed by atoms with Crippen LogP contribution in [-0.4, -0.2) is 40.2 Å². The smallest absolute Gasteiger partial charge is 0.124 e. The van der Waals surface area contributed by atoms with Gasteiger partial charge in [-0.3, -0.25) is 4.90 Å². The first kappa shape index (κ1) is 11.6. The molecular formula is C12H19N3OS. The van der Waals surface area contributed by atoms with Crippen molar-refractivity contribution in [2.75, 3.05) is 13.1 Å². The zero-order valence-electron chi connectivity index (χ0n) is 9.88. The molecule has 1 saturated heterocycles. The number of hydrogen-bond donors (Lipinski definition) is 2. The molecule has 4 nitrogen and oxygen atoms in total. The van der Waals surface area contributed by atoms with Crippen LogP contribution in [0.15, 0.2) is 11.6 Å². The first-order valence-electron chi connectivity index (χ1n) is 6.29. The molecule has 5 heteroatoms. The van der Waals surface area contributed by atoms with Crippen molar-refractivity contribution in [2.24, 2.45) is 5.73 Å². The molecule has 1 aliphatic carbocycles. The van der Waals surface area contributed by atoms with E-state index in [4.69, 9.17) is 5.73 Å². The highest BCUT2D eigenvalue weighted by molar-refractivity contribution is 7.09. The maximum absolute atomic E-state index is 10.6. The van der Waals surface area contributed by atoms with Gasteiger partial charge in [0.1, 0.15) is 10.6 Å². The number of aromatic nitrogens is 1. The second-order valence-electron chi connectivity index (χ2n) is 5.31. The Balaban J connectivity index is 1.60. The van der Waals surface area contributed by atoms with E-state index < -0.39 is 5.60 Å². The monoisotopic (exact) mass is 253 g/mol. The lowest BCUT2D eigenvalue weighted by Crippen LogP contribution is -2.60. The maximum atomic E-state index is 10.6. The lowest BCUT2D eigenvalue weighted by molar-refractivity contribution is -0.0376. The molecule has 94 valence electrons. The Morgan fingerprint density at radius 3 is 2.65 bits per heavy atom. The normalized spacial score (nSPS) is 35.8. The van der Waals surface area contributed by atoms with Crippen LogP contribution in [0.25, 0.3) is 0 Å². The van der Waals surface area contributed by atoms with Crippen molar-refractivity contribution >= 4 is 11.3 Å². The van der Waals surface area contributed by atoms with E-state index in [-0.39, 0.29) is 0 Å². The minimum absolute atomic E-state index is 0.370. The summed E-state index contributed by atoms with van der Waals surface area (Å²) in [5, 5.41) is 13.4. The van der Waals surface area contributed by atoms with Crippen molar-refractivity contribution in [2.45, 2.75) is 43.4 Å². The summed E-state index contributed by atoms with van der Waals surface area (Å²) in [6.07, 6.45) is 5.55. The third-order valence-corrected chi connectivity index (χ3v) is 5.03. The highest BCUT2D eigenvalue weighted by Crippen LogP contribution is 2.39. The van der Waals surface area contributed by atoms with Crippen molar-refractivity contribution in [1.82, 2.24) is 9.88 Å². The minimum Gasteiger partial charge on any atom is -0.383 e. The fourth-order valence-corrected chi connectivity index (χ4v) is 3.76. The standard InChI is InChI=1S/C12H19N3OS/c13-9-7-15(8-9)10-1-3-12(16,4-2-10)11-14-5-6-17-11/h5-6,9-10,16H,1-4,7-8,13H2. The predicted octanol–water partition coefficient (Wildman–Crippen LogP) is 0.916. The molecule has 0 unspecified atom stereocenters. The minimum atomic E-state index is -0.669. The number of nitrogens with zero attached hydrogens (tertiary/aromatic N) is 2. The number of rotatable bonds is 2. The van der Waals surface area contributed by atoms with Crippen LogP contribution in [0, 0.1) is 0 Å². The zero-order valence-corrected chi connectivity index (χ0v) is 10.7. The molecule has 2 heterocycles. The average molecular weight is 253 g/mol. The van der Waals surface area contributed by atoms with Crippen molar-refractivity contribution in [1.29, 1.82) is 0 Å². The molecule has 3 rings (SSSR count). The lowest BCUT2D eigenvalue weighted by Gasteiger charge is -2.46. The van der Waals surface area contributed by atoms with Gasteiger partial charge >= 0.3 is 0 Å². The van der Waals surface area contributed by atoms with Gasteiger partial charge in [0.15, 0.2) is 0 Å². The largest absolute Gasteiger partial charge is 0.383 e. The summed E-state index contributed by atoms with van der Waals surface area (Å²) in [4.78, 5) is 6.71. The first-order valence-corrected chi connectivity index (χ1v) is 7.17. The van der Waals surface area contributed by atoms with Crippen LogP contribution in [0.4, 0.5) is 0 Å². The Kier molecular flexibility index (Phi) is 2.94. The SMILES string of the molecule is NC1CN(C2CCC(O)(c3nccs3)CC2)C1. The van der Waals surface area contributed by atoms with Crippen molar-refractivity contribution in [3.8, 4) is 0 Å². The summed E-state index contributed by atoms with van der Waals surface area (Å²) in [5.41, 5.74) is 5.14. The first-order chi connectivity index (χ1) is 8.17. The molecule has 17 heavy (non-hydrogen) atoms. The van der Waals surface area contributed by atoms with Gasteiger partial charge in [0.05, 0.1) is 0 Å². The summed E-state index contributed by atoms with van der Waals surface area (Å²) in [6, 6.07) is 0.991. The lowest BCUT2D eigenvalue weighted by atomic mass is 9.81. The molecule has 1 aromatic rings. The van der Waals surface area contributed by atoms with Gasteiger partial charge in [0.2, 0.25) is 0 Å². The Bertz CT molecular complexity index is 367. The maximum Gasteiger partial charge on any atom is 0.124 e. The van der Waals surface area contributed by atoms with Crippen LogP contribution in [0.3, 0.4) is 0 Å². The van der Waals surface area contributed by atoms with Gasteiger partial charge < -0.3 is 10.8 Å². The average Bonchev–Trinajstić information content (AvgIpc) is 2.80. The predicted molar refractivity (Wildman–Crippen MR) is 67.8 cm³/mol. The Hall–Kier alpha value is -0.490. The second-order valence-corrected chi connectivity index (χ2v) is 6.21. The van der Waals surface area contributed by atoms with Crippen LogP contribution >= 0.6 is 11.3 Å². The molecule has 2 fully saturated rings. The van der Waals surface area contributed by atoms with Crippen LogP contribution in [0.2, 0.25) is 0 Å². The van der Waals surface area contributed by atoms with Crippen LogP contribution in [0.5, 0.6) is 0 Å². The van der Waals surface area contributed by atoms with Gasteiger partial charge in [0, 0.05) is 36.8 Å². The van der Waals surface area contributed by atoms with E-state index in [1.807, 2.05) is 5.38 Å². The molecule has 1 aliphatic heterocycles. The highest BCUT2D eigenvalue weighted by Gasteiger charge is 2.40. The van der Waals surface area contributed by atoms with Gasteiger partial charge in [-0.25, -0.2) is 4.98 Å². The summed E-state index contributed by atoms with van der Waals surface area (Å²) in [7, 11) is 0. The molecule has 2 aliphatic rings. The van der Waals surface area contributed by atoms with Gasteiger partial charge in [-0.05, 0) is 25.7 Å². The van der Waals surface area contributed by atoms with Crippen LogP contribution in [0.1, 0.15) is 30.7 Å². The Morgan fingerprint density at radius 2 is 2.12 bits per heavy atom. The van der Waals surface area contributed by atoms with E-state index in [0.717, 1.165) is 43.8 Å². The summed E-state index contributed by atoms with van der Waals surface area (Å²) in [6.45, 7) is 2.06. The van der Waals surface area contributed by atoms with Crippen molar-refractivity contribution in [3.63, 3.8) is 0 Å². The van der Waals surface area contributed by atoms with E-state index in [0.29, 0.717) is 12.1 Å². The topological polar surface area (TPSA) is 62.4 Å². The molecule has 0 amide bonds. The fraction of sp³-hybridized carbons (Fsp3) is 0.750. The molecule has 0 bridgehead atoms. The van der Waals surface area contributed by atoms with Gasteiger partial charge in [-0.1, -0.05) is 0 Å². The van der Waals surface area contributed by atoms with Gasteiger partial charge in [-0.2, -0.15) is 0 Å². The Morgan fingerprint density at radius 1 is 1.41 bits per heavy atom. The third kappa shape index (κ3) is 2.12. The second kappa shape index (κ2) is 4.31. The van der Waals surface area contributed by atoms with Gasteiger partial charge in [-0.15, -0.1) is 11.3 Å². The fourth-order valence-electron chi connectivity index (χ4n) is 2.96. The summed E-state index contributed by atoms with van der Waals surface area (Å²) in [5.74, 6) is 0. The molecule has 0 atom stereocenters. The van der Waals surface area contributed by atoms with E-state index in [2.05, 4.69) is 9.88 Å². The van der Waals surface area contributed by atoms with Crippen molar-refractivity contribution < 1.29 is 5.11 Å². The number of hydrogen-bond acceptors (Lipinski definition) is 5. The highest BCUT2D eigenvalue weighted by atomic mass is 32.1. The summed E-state index contributed by atoms with van der Waals surface area (Å²) < 4.78 is 0. The number of aliphatic hydroxyl groups is 1. The van der Waals surface area contributed by atoms with E-state index in [1.165, 1.54) is 0 Å². The van der Waals surface area contributed by atoms with Crippen LogP contribution in [-0.2, 0) is 5.60 Å². The molecule has 0 spiro atoms. The molecular weight excluding hydrogens is 234 g/mol. The number of likely N-dealkylation sites (tertiary alicyclic amines) is 1. The molecule has 0 radical (unpaired) electrons. The molecule has 1 aromatic heterocycles. The molecule has 1 saturated carbocycles. The van der Waals surface area contributed by atoms with E-state index in [1.54, 1.807) is 17.5 Å². The molecule has 3 N–H and O–H groups in total. The van der Waals surface area contributed by atoms with E-state index in [9.17, 15) is 5.11 Å². The van der Waals surface area contributed by atoms with Gasteiger partial charge in [0.25, 0.3) is 0 Å². The molecule has 0 aromatic carbocycles. The summed E-state index contributed by atoms with van der Waals surface area (Å²) >= 11 is 1.56. The van der Waals surface area contributed by atoms with Crippen molar-refractivity contribution in [3.05, 3.63) is 16.6 Å². The van der Waals surface area contributed by atoms with Crippen LogP contribution < -0.4 is 5.73 Å². The zero-order chi connectivity index (χ0) is 11.9. The Labute approximate surface area is 105 Å².